The minimum atomic E-state index is -1.42. The lowest BCUT2D eigenvalue weighted by molar-refractivity contribution is -0.242. The molecule has 0 amide bonds. The third-order valence-electron chi connectivity index (χ3n) is 4.48. The van der Waals surface area contributed by atoms with E-state index in [1.807, 2.05) is 0 Å². The van der Waals surface area contributed by atoms with Gasteiger partial charge < -0.3 is 23.7 Å². The minimum absolute atomic E-state index is 0.593. The Hall–Kier alpha value is -1.68. The van der Waals surface area contributed by atoms with Crippen LogP contribution in [0.2, 0.25) is 0 Å². The van der Waals surface area contributed by atoms with Crippen LogP contribution < -0.4 is 0 Å². The lowest BCUT2D eigenvalue weighted by Gasteiger charge is -2.43. The van der Waals surface area contributed by atoms with E-state index < -0.39 is 69.6 Å². The van der Waals surface area contributed by atoms with Crippen molar-refractivity contribution in [3.63, 3.8) is 0 Å². The molecule has 0 saturated carbocycles. The van der Waals surface area contributed by atoms with Crippen LogP contribution in [0.15, 0.2) is 0 Å². The summed E-state index contributed by atoms with van der Waals surface area (Å²) in [6, 6.07) is 0. The second-order valence-corrected chi connectivity index (χ2v) is 11.7. The van der Waals surface area contributed by atoms with Crippen LogP contribution in [-0.4, -0.2) is 60.4 Å². The van der Waals surface area contributed by atoms with Crippen molar-refractivity contribution in [2.45, 2.75) is 91.7 Å². The van der Waals surface area contributed by atoms with Crippen LogP contribution >= 0.6 is 15.9 Å². The van der Waals surface area contributed by atoms with Crippen molar-refractivity contribution in [3.8, 4) is 0 Å². The van der Waals surface area contributed by atoms with Gasteiger partial charge in [-0.25, -0.2) is 4.79 Å². The van der Waals surface area contributed by atoms with E-state index in [0.717, 1.165) is 7.11 Å². The van der Waals surface area contributed by atoms with E-state index in [4.69, 9.17) is 23.7 Å². The first-order valence-electron chi connectivity index (χ1n) is 10.3. The number of halogens is 1. The molecule has 0 N–H and O–H groups in total. The highest BCUT2D eigenvalue weighted by molar-refractivity contribution is 9.09. The van der Waals surface area contributed by atoms with E-state index in [1.54, 1.807) is 62.3 Å². The first-order valence-corrected chi connectivity index (χ1v) is 11.2. The molecule has 1 aliphatic rings. The van der Waals surface area contributed by atoms with E-state index in [9.17, 15) is 19.2 Å². The molecule has 5 unspecified atom stereocenters. The van der Waals surface area contributed by atoms with Gasteiger partial charge in [0.25, 0.3) is 0 Å². The van der Waals surface area contributed by atoms with Gasteiger partial charge in [0.15, 0.2) is 29.4 Å². The molecule has 1 rings (SSSR count). The molecule has 5 atom stereocenters. The molecule has 1 fully saturated rings. The summed E-state index contributed by atoms with van der Waals surface area (Å²) in [4.78, 5) is 50.6. The van der Waals surface area contributed by atoms with Crippen molar-refractivity contribution in [2.75, 3.05) is 7.11 Å². The molecule has 0 aromatic carbocycles. The van der Waals surface area contributed by atoms with Crippen molar-refractivity contribution in [2.24, 2.45) is 16.2 Å². The van der Waals surface area contributed by atoms with Gasteiger partial charge in [-0.3, -0.25) is 14.4 Å². The van der Waals surface area contributed by atoms with E-state index in [1.165, 1.54) is 0 Å². The zero-order valence-corrected chi connectivity index (χ0v) is 22.0. The Morgan fingerprint density at radius 2 is 1.00 bits per heavy atom. The van der Waals surface area contributed by atoms with Crippen molar-refractivity contribution in [3.05, 3.63) is 0 Å². The van der Waals surface area contributed by atoms with E-state index >= 15 is 0 Å². The Morgan fingerprint density at radius 1 is 0.656 bits per heavy atom. The fourth-order valence-corrected chi connectivity index (χ4v) is 3.04. The summed E-state index contributed by atoms with van der Waals surface area (Å²) in [6.07, 6.45) is -5.36. The summed E-state index contributed by atoms with van der Waals surface area (Å²) in [7, 11) is 1.15. The Balaban J connectivity index is 3.51. The van der Waals surface area contributed by atoms with Gasteiger partial charge in [-0.05, 0) is 62.3 Å². The van der Waals surface area contributed by atoms with Crippen molar-refractivity contribution < 1.29 is 42.9 Å². The lowest BCUT2D eigenvalue weighted by atomic mass is 9.93. The van der Waals surface area contributed by atoms with Crippen LogP contribution in [0.1, 0.15) is 62.3 Å². The average molecular weight is 523 g/mol. The van der Waals surface area contributed by atoms with Gasteiger partial charge in [-0.2, -0.15) is 0 Å². The molecule has 1 saturated heterocycles. The Morgan fingerprint density at radius 3 is 1.34 bits per heavy atom. The second kappa shape index (κ2) is 10.1. The first kappa shape index (κ1) is 28.4. The predicted molar refractivity (Wildman–Crippen MR) is 118 cm³/mol. The minimum Gasteiger partial charge on any atom is -0.467 e. The summed E-state index contributed by atoms with van der Waals surface area (Å²) in [5, 5.41) is -1.04. The van der Waals surface area contributed by atoms with Crippen molar-refractivity contribution >= 4 is 39.8 Å². The number of ether oxygens (including phenoxy) is 5. The van der Waals surface area contributed by atoms with Crippen molar-refractivity contribution in [1.82, 2.24) is 0 Å². The van der Waals surface area contributed by atoms with Gasteiger partial charge in [0.05, 0.1) is 23.4 Å². The summed E-state index contributed by atoms with van der Waals surface area (Å²) in [5.41, 5.74) is -2.72. The number of methoxy groups -OCH3 is 1. The second-order valence-electron chi connectivity index (χ2n) is 10.8. The van der Waals surface area contributed by atoms with Gasteiger partial charge in [0, 0.05) is 0 Å². The normalized spacial score (nSPS) is 26.7. The molecule has 0 spiro atoms. The third kappa shape index (κ3) is 7.16. The van der Waals surface area contributed by atoms with Gasteiger partial charge >= 0.3 is 23.9 Å². The van der Waals surface area contributed by atoms with Crippen LogP contribution in [0.3, 0.4) is 0 Å². The van der Waals surface area contributed by atoms with Crippen LogP contribution in [0.25, 0.3) is 0 Å². The molecule has 184 valence electrons. The van der Waals surface area contributed by atoms with Crippen LogP contribution in [0.4, 0.5) is 0 Å². The monoisotopic (exact) mass is 522 g/mol. The molecule has 0 aromatic rings. The Kier molecular flexibility index (Phi) is 8.92. The van der Waals surface area contributed by atoms with E-state index in [-0.39, 0.29) is 0 Å². The Labute approximate surface area is 197 Å². The first-order chi connectivity index (χ1) is 14.3. The highest BCUT2D eigenvalue weighted by atomic mass is 79.9. The molecule has 9 nitrogen and oxygen atoms in total. The number of hydrogen-bond acceptors (Lipinski definition) is 9. The average Bonchev–Trinajstić information content (AvgIpc) is 2.62. The zero-order valence-electron chi connectivity index (χ0n) is 20.4. The van der Waals surface area contributed by atoms with Gasteiger partial charge in [0.2, 0.25) is 0 Å². The van der Waals surface area contributed by atoms with E-state index in [2.05, 4.69) is 15.9 Å². The highest BCUT2D eigenvalue weighted by Crippen LogP contribution is 2.35. The maximum absolute atomic E-state index is 12.8. The number of carbonyl (C=O) groups excluding carboxylic acids is 4. The van der Waals surface area contributed by atoms with Crippen LogP contribution in [0.5, 0.6) is 0 Å². The molecular weight excluding hydrogens is 488 g/mol. The fourth-order valence-electron chi connectivity index (χ4n) is 2.39. The fraction of sp³-hybridized carbons (Fsp3) is 0.818. The summed E-state index contributed by atoms with van der Waals surface area (Å²) < 4.78 is 27.4. The number of esters is 4. The third-order valence-corrected chi connectivity index (χ3v) is 5.22. The van der Waals surface area contributed by atoms with Gasteiger partial charge in [-0.1, -0.05) is 15.9 Å². The number of carbonyl (C=O) groups is 4. The molecule has 10 heteroatoms. The molecular formula is C22H35BrO9. The highest BCUT2D eigenvalue weighted by Gasteiger charge is 2.56. The maximum atomic E-state index is 12.8. The quantitative estimate of drug-likeness (QED) is 0.311. The molecule has 32 heavy (non-hydrogen) atoms. The topological polar surface area (TPSA) is 114 Å². The molecule has 1 heterocycles. The smallest absolute Gasteiger partial charge is 0.339 e. The largest absolute Gasteiger partial charge is 0.467 e. The van der Waals surface area contributed by atoms with Crippen LogP contribution in [0, 0.1) is 16.2 Å². The van der Waals surface area contributed by atoms with Gasteiger partial charge in [-0.15, -0.1) is 0 Å². The molecule has 0 radical (unpaired) electrons. The standard InChI is InChI=1S/C22H35BrO9/c1-20(2,3)17(25)30-11-12(31-18(26)21(4,5)6)14(16(24)28-10)29-15(23)13(11)32-19(27)22(7,8)9/h11-15H,1-10H3. The predicted octanol–water partition coefficient (Wildman–Crippen LogP) is 3.15. The molecule has 0 aromatic heterocycles. The zero-order chi connectivity index (χ0) is 25.2. The summed E-state index contributed by atoms with van der Waals surface area (Å²) in [5.74, 6) is -2.73. The Bertz CT molecular complexity index is 727. The lowest BCUT2D eigenvalue weighted by Crippen LogP contribution is -2.63. The number of hydrogen-bond donors (Lipinski definition) is 0. The number of rotatable bonds is 4. The molecule has 1 aliphatic heterocycles. The SMILES string of the molecule is COC(=O)C1OC(Br)C(OC(=O)C(C)(C)C)C(OC(=O)C(C)(C)C)C1OC(=O)C(C)(C)C. The molecule has 0 bridgehead atoms. The van der Waals surface area contributed by atoms with E-state index in [0.29, 0.717) is 0 Å². The molecule has 0 aliphatic carbocycles. The maximum Gasteiger partial charge on any atom is 0.339 e. The summed E-state index contributed by atoms with van der Waals surface area (Å²) in [6.45, 7) is 14.8. The van der Waals surface area contributed by atoms with Crippen molar-refractivity contribution in [1.29, 1.82) is 0 Å². The van der Waals surface area contributed by atoms with Gasteiger partial charge in [0.1, 0.15) is 0 Å². The van der Waals surface area contributed by atoms with Crippen LogP contribution in [-0.2, 0) is 42.9 Å². The number of alkyl halides is 1. The summed E-state index contributed by atoms with van der Waals surface area (Å²) >= 11 is 3.26.